The predicted octanol–water partition coefficient (Wildman–Crippen LogP) is 4.07. The van der Waals surface area contributed by atoms with E-state index in [2.05, 4.69) is 52.9 Å². The minimum atomic E-state index is 0.370. The van der Waals surface area contributed by atoms with E-state index in [1.165, 1.54) is 11.1 Å². The summed E-state index contributed by atoms with van der Waals surface area (Å²) in [6.45, 7) is 6.21. The molecule has 1 aromatic rings. The van der Waals surface area contributed by atoms with Gasteiger partial charge in [-0.2, -0.15) is 0 Å². The molecular weight excluding hydrogens is 250 g/mol. The van der Waals surface area contributed by atoms with Gasteiger partial charge in [0.25, 0.3) is 0 Å². The van der Waals surface area contributed by atoms with Crippen molar-refractivity contribution in [2.45, 2.75) is 25.8 Å². The Balaban J connectivity index is 2.78. The van der Waals surface area contributed by atoms with Crippen molar-refractivity contribution in [2.24, 2.45) is 0 Å². The molecule has 1 unspecified atom stereocenters. The summed E-state index contributed by atoms with van der Waals surface area (Å²) in [5, 5.41) is 3.33. The first-order chi connectivity index (χ1) is 7.17. The van der Waals surface area contributed by atoms with E-state index in [4.69, 9.17) is 0 Å². The van der Waals surface area contributed by atoms with E-state index < -0.39 is 0 Å². The number of hydrogen-bond acceptors (Lipinski definition) is 1. The molecule has 0 aliphatic heterocycles. The fraction of sp³-hybridized carbons (Fsp3) is 0.385. The Morgan fingerprint density at radius 1 is 1.53 bits per heavy atom. The summed E-state index contributed by atoms with van der Waals surface area (Å²) in [6, 6.07) is 8.79. The Kier molecular flexibility index (Phi) is 5.06. The molecule has 0 spiro atoms. The van der Waals surface area contributed by atoms with Gasteiger partial charge in [0.2, 0.25) is 0 Å². The van der Waals surface area contributed by atoms with Crippen molar-refractivity contribution < 1.29 is 0 Å². The summed E-state index contributed by atoms with van der Waals surface area (Å²) in [7, 11) is 1.99. The van der Waals surface area contributed by atoms with Gasteiger partial charge >= 0.3 is 0 Å². The highest BCUT2D eigenvalue weighted by molar-refractivity contribution is 9.10. The van der Waals surface area contributed by atoms with Gasteiger partial charge in [-0.15, -0.1) is 0 Å². The maximum Gasteiger partial charge on any atom is 0.0355 e. The third kappa shape index (κ3) is 3.80. The average molecular weight is 268 g/mol. The number of benzene rings is 1. The fourth-order valence-corrected chi connectivity index (χ4v) is 1.96. The molecule has 0 saturated heterocycles. The van der Waals surface area contributed by atoms with Gasteiger partial charge in [0, 0.05) is 10.5 Å². The van der Waals surface area contributed by atoms with Gasteiger partial charge in [0.15, 0.2) is 0 Å². The second kappa shape index (κ2) is 6.09. The highest BCUT2D eigenvalue weighted by atomic mass is 79.9. The van der Waals surface area contributed by atoms with Crippen molar-refractivity contribution >= 4 is 15.9 Å². The largest absolute Gasteiger partial charge is 0.313 e. The molecule has 1 nitrogen and oxygen atoms in total. The predicted molar refractivity (Wildman–Crippen MR) is 70.0 cm³/mol. The van der Waals surface area contributed by atoms with Crippen LogP contribution in [0.25, 0.3) is 0 Å². The summed E-state index contributed by atoms with van der Waals surface area (Å²) >= 11 is 3.49. The summed E-state index contributed by atoms with van der Waals surface area (Å²) in [6.07, 6.45) is 2.05. The Morgan fingerprint density at radius 2 is 2.27 bits per heavy atom. The van der Waals surface area contributed by atoms with Gasteiger partial charge in [0.05, 0.1) is 0 Å². The van der Waals surface area contributed by atoms with Gasteiger partial charge in [-0.1, -0.05) is 47.1 Å². The van der Waals surface area contributed by atoms with Crippen LogP contribution in [0.1, 0.15) is 31.4 Å². The zero-order valence-corrected chi connectivity index (χ0v) is 11.0. The molecule has 0 saturated carbocycles. The van der Waals surface area contributed by atoms with Crippen molar-refractivity contribution in [1.82, 2.24) is 5.32 Å². The van der Waals surface area contributed by atoms with E-state index in [9.17, 15) is 0 Å². The third-order valence-electron chi connectivity index (χ3n) is 2.59. The molecule has 0 fully saturated rings. The Labute approximate surface area is 101 Å². The summed E-state index contributed by atoms with van der Waals surface area (Å²) < 4.78 is 1.13. The maximum atomic E-state index is 4.06. The third-order valence-corrected chi connectivity index (χ3v) is 3.09. The molecule has 82 valence electrons. The van der Waals surface area contributed by atoms with E-state index in [0.29, 0.717) is 6.04 Å². The molecule has 1 N–H and O–H groups in total. The van der Waals surface area contributed by atoms with Gasteiger partial charge in [-0.3, -0.25) is 0 Å². The highest BCUT2D eigenvalue weighted by Gasteiger charge is 2.09. The molecule has 1 rings (SSSR count). The van der Waals surface area contributed by atoms with Crippen molar-refractivity contribution in [3.63, 3.8) is 0 Å². The van der Waals surface area contributed by atoms with Crippen LogP contribution in [0, 0.1) is 0 Å². The molecule has 15 heavy (non-hydrogen) atoms. The maximum absolute atomic E-state index is 4.06. The van der Waals surface area contributed by atoms with Gasteiger partial charge < -0.3 is 5.32 Å². The van der Waals surface area contributed by atoms with Crippen LogP contribution in [0.3, 0.4) is 0 Å². The average Bonchev–Trinajstić information content (AvgIpc) is 2.25. The highest BCUT2D eigenvalue weighted by Crippen LogP contribution is 2.23. The van der Waals surface area contributed by atoms with Crippen LogP contribution < -0.4 is 5.32 Å². The molecule has 0 radical (unpaired) electrons. The standard InChI is InChI=1S/C13H18BrN/c1-4-10(2)8-13(15-3)11-6-5-7-12(14)9-11/h5-7,9,13,15H,2,4,8H2,1,3H3. The number of nitrogens with one attached hydrogen (secondary N) is 1. The van der Waals surface area contributed by atoms with Crippen LogP contribution in [-0.2, 0) is 0 Å². The molecule has 1 atom stereocenters. The number of halogens is 1. The zero-order valence-electron chi connectivity index (χ0n) is 9.39. The molecule has 0 amide bonds. The summed E-state index contributed by atoms with van der Waals surface area (Å²) in [4.78, 5) is 0. The van der Waals surface area contributed by atoms with Crippen molar-refractivity contribution in [3.8, 4) is 0 Å². The van der Waals surface area contributed by atoms with Crippen LogP contribution in [0.5, 0.6) is 0 Å². The van der Waals surface area contributed by atoms with E-state index >= 15 is 0 Å². The van der Waals surface area contributed by atoms with Crippen LogP contribution >= 0.6 is 15.9 Å². The van der Waals surface area contributed by atoms with E-state index in [1.807, 2.05) is 13.1 Å². The molecule has 2 heteroatoms. The Hall–Kier alpha value is -0.600. The molecule has 0 aliphatic rings. The quantitative estimate of drug-likeness (QED) is 0.794. The van der Waals surface area contributed by atoms with Crippen LogP contribution in [-0.4, -0.2) is 7.05 Å². The van der Waals surface area contributed by atoms with Crippen molar-refractivity contribution in [3.05, 3.63) is 46.5 Å². The first-order valence-electron chi connectivity index (χ1n) is 5.26. The topological polar surface area (TPSA) is 12.0 Å². The van der Waals surface area contributed by atoms with Gasteiger partial charge in [-0.05, 0) is 37.6 Å². The lowest BCUT2D eigenvalue weighted by Crippen LogP contribution is -2.16. The lowest BCUT2D eigenvalue weighted by atomic mass is 9.99. The van der Waals surface area contributed by atoms with Crippen LogP contribution in [0.15, 0.2) is 40.9 Å². The minimum Gasteiger partial charge on any atom is -0.313 e. The van der Waals surface area contributed by atoms with Gasteiger partial charge in [-0.25, -0.2) is 0 Å². The monoisotopic (exact) mass is 267 g/mol. The second-order valence-electron chi connectivity index (χ2n) is 3.70. The first-order valence-corrected chi connectivity index (χ1v) is 6.06. The molecule has 1 aromatic carbocycles. The second-order valence-corrected chi connectivity index (χ2v) is 4.62. The molecular formula is C13H18BrN. The summed E-state index contributed by atoms with van der Waals surface area (Å²) in [5.74, 6) is 0. The Bertz CT molecular complexity index is 333. The normalized spacial score (nSPS) is 12.5. The minimum absolute atomic E-state index is 0.370. The fourth-order valence-electron chi connectivity index (χ4n) is 1.54. The SMILES string of the molecule is C=C(CC)CC(NC)c1cccc(Br)c1. The Morgan fingerprint density at radius 3 is 2.80 bits per heavy atom. The van der Waals surface area contributed by atoms with Crippen molar-refractivity contribution in [2.75, 3.05) is 7.05 Å². The molecule has 0 bridgehead atoms. The van der Waals surface area contributed by atoms with E-state index in [1.54, 1.807) is 0 Å². The zero-order chi connectivity index (χ0) is 11.3. The first kappa shape index (κ1) is 12.5. The lowest BCUT2D eigenvalue weighted by Gasteiger charge is -2.17. The molecule has 0 aromatic heterocycles. The van der Waals surface area contributed by atoms with Crippen molar-refractivity contribution in [1.29, 1.82) is 0 Å². The number of rotatable bonds is 5. The summed E-state index contributed by atoms with van der Waals surface area (Å²) in [5.41, 5.74) is 2.59. The molecule has 0 aliphatic carbocycles. The van der Waals surface area contributed by atoms with Gasteiger partial charge in [0.1, 0.15) is 0 Å². The van der Waals surface area contributed by atoms with Crippen LogP contribution in [0.2, 0.25) is 0 Å². The smallest absolute Gasteiger partial charge is 0.0355 e. The van der Waals surface area contributed by atoms with E-state index in [-0.39, 0.29) is 0 Å². The van der Waals surface area contributed by atoms with E-state index in [0.717, 1.165) is 17.3 Å². The lowest BCUT2D eigenvalue weighted by molar-refractivity contribution is 0.582. The van der Waals surface area contributed by atoms with Crippen LogP contribution in [0.4, 0.5) is 0 Å². The number of hydrogen-bond donors (Lipinski definition) is 1. The molecule has 0 heterocycles.